The Balaban J connectivity index is 1.30. The molecule has 0 atom stereocenters. The zero-order valence-corrected chi connectivity index (χ0v) is 42.1. The van der Waals surface area contributed by atoms with Crippen LogP contribution in [0.1, 0.15) is 79.0 Å². The Morgan fingerprint density at radius 2 is 0.743 bits per heavy atom. The van der Waals surface area contributed by atoms with Gasteiger partial charge in [0.05, 0.1) is 11.4 Å². The van der Waals surface area contributed by atoms with Crippen LogP contribution in [-0.4, -0.2) is 6.71 Å². The Labute approximate surface area is 416 Å². The maximum atomic E-state index is 2.63. The fourth-order valence-corrected chi connectivity index (χ4v) is 10.8. The molecule has 4 heteroatoms. The maximum Gasteiger partial charge on any atom is 0.252 e. The van der Waals surface area contributed by atoms with Gasteiger partial charge in [-0.1, -0.05) is 202 Å². The minimum Gasteiger partial charge on any atom is -0.311 e. The molecule has 11 rings (SSSR count). The van der Waals surface area contributed by atoms with Crippen LogP contribution in [0.4, 0.5) is 51.2 Å². The van der Waals surface area contributed by atoms with Gasteiger partial charge in [0.1, 0.15) is 0 Å². The van der Waals surface area contributed by atoms with E-state index >= 15 is 0 Å². The molecule has 0 saturated carbocycles. The molecule has 0 amide bonds. The van der Waals surface area contributed by atoms with Gasteiger partial charge in [0.25, 0.3) is 6.71 Å². The van der Waals surface area contributed by atoms with Gasteiger partial charge < -0.3 is 14.7 Å². The largest absolute Gasteiger partial charge is 0.311 e. The van der Waals surface area contributed by atoms with Crippen molar-refractivity contribution >= 4 is 74.3 Å². The van der Waals surface area contributed by atoms with E-state index in [1.54, 1.807) is 0 Å². The minimum absolute atomic E-state index is 0.0148. The highest BCUT2D eigenvalue weighted by molar-refractivity contribution is 7.00. The summed E-state index contributed by atoms with van der Waals surface area (Å²) in [6.07, 6.45) is 0. The summed E-state index contributed by atoms with van der Waals surface area (Å²) in [5.41, 5.74) is 22.7. The summed E-state index contributed by atoms with van der Waals surface area (Å²) in [7, 11) is 0. The fourth-order valence-electron chi connectivity index (χ4n) is 10.8. The molecule has 3 nitrogen and oxygen atoms in total. The summed E-state index contributed by atoms with van der Waals surface area (Å²) in [5.74, 6) is 0. The van der Waals surface area contributed by atoms with Crippen LogP contribution >= 0.6 is 0 Å². The highest BCUT2D eigenvalue weighted by Crippen LogP contribution is 2.53. The Bertz CT molecular complexity index is 3300. The summed E-state index contributed by atoms with van der Waals surface area (Å²) in [6.45, 7) is 20.7. The van der Waals surface area contributed by atoms with Crippen LogP contribution in [0, 0.1) is 0 Å². The first kappa shape index (κ1) is 44.9. The van der Waals surface area contributed by atoms with Gasteiger partial charge in [-0.2, -0.15) is 0 Å². The number of anilines is 9. The topological polar surface area (TPSA) is 9.72 Å². The third-order valence-electron chi connectivity index (χ3n) is 14.5. The van der Waals surface area contributed by atoms with Crippen molar-refractivity contribution in [3.05, 3.63) is 229 Å². The molecule has 2 heterocycles. The van der Waals surface area contributed by atoms with Crippen molar-refractivity contribution in [2.45, 2.75) is 78.6 Å². The zero-order chi connectivity index (χ0) is 48.5. The van der Waals surface area contributed by atoms with Gasteiger partial charge in [-0.15, -0.1) is 0 Å². The van der Waals surface area contributed by atoms with E-state index in [2.05, 4.69) is 289 Å². The average molecular weight is 908 g/mol. The lowest BCUT2D eigenvalue weighted by molar-refractivity contribution is 0.590. The summed E-state index contributed by atoms with van der Waals surface area (Å²) in [6, 6.07) is 79.7. The second-order valence-corrected chi connectivity index (χ2v) is 22.3. The number of benzene rings is 9. The van der Waals surface area contributed by atoms with E-state index in [1.165, 1.54) is 72.4 Å². The van der Waals surface area contributed by atoms with E-state index in [9.17, 15) is 0 Å². The third kappa shape index (κ3) is 7.90. The van der Waals surface area contributed by atoms with Crippen molar-refractivity contribution in [2.75, 3.05) is 14.7 Å². The van der Waals surface area contributed by atoms with E-state index in [0.717, 1.165) is 34.1 Å². The van der Waals surface area contributed by atoms with Gasteiger partial charge in [0.2, 0.25) is 0 Å². The molecule has 2 aliphatic heterocycles. The van der Waals surface area contributed by atoms with E-state index in [-0.39, 0.29) is 23.0 Å². The normalized spacial score (nSPS) is 13.1. The fraction of sp³-hybridized carbons (Fsp3) is 0.182. The number of hydrogen-bond donors (Lipinski definition) is 0. The number of para-hydroxylation sites is 3. The molecule has 0 spiro atoms. The molecule has 2 aliphatic rings. The summed E-state index contributed by atoms with van der Waals surface area (Å²) in [5, 5.41) is 0. The summed E-state index contributed by atoms with van der Waals surface area (Å²) in [4.78, 5) is 7.63. The van der Waals surface area contributed by atoms with Gasteiger partial charge in [0.15, 0.2) is 0 Å². The van der Waals surface area contributed by atoms with Crippen LogP contribution in [0.2, 0.25) is 0 Å². The lowest BCUT2D eigenvalue weighted by atomic mass is 9.33. The van der Waals surface area contributed by atoms with Crippen LogP contribution < -0.4 is 31.1 Å². The Hall–Kier alpha value is -7.56. The van der Waals surface area contributed by atoms with Gasteiger partial charge >= 0.3 is 0 Å². The van der Waals surface area contributed by atoms with Crippen LogP contribution in [0.15, 0.2) is 212 Å². The van der Waals surface area contributed by atoms with Gasteiger partial charge in [0, 0.05) is 50.9 Å². The molecule has 0 radical (unpaired) electrons. The molecule has 0 N–H and O–H groups in total. The molecule has 9 aromatic carbocycles. The first-order valence-electron chi connectivity index (χ1n) is 25.0. The molecular formula is C66H62BN3. The number of nitrogens with zero attached hydrogens (tertiary/aromatic N) is 3. The van der Waals surface area contributed by atoms with Crippen LogP contribution in [-0.2, 0) is 16.2 Å². The second kappa shape index (κ2) is 17.1. The monoisotopic (exact) mass is 908 g/mol. The van der Waals surface area contributed by atoms with Crippen LogP contribution in [0.3, 0.4) is 0 Å². The van der Waals surface area contributed by atoms with Gasteiger partial charge in [-0.05, 0) is 133 Å². The highest BCUT2D eigenvalue weighted by Gasteiger charge is 2.45. The van der Waals surface area contributed by atoms with Crippen molar-refractivity contribution in [1.82, 2.24) is 0 Å². The molecule has 9 aromatic rings. The standard InChI is InChI=1S/C66H62BN3/c1-64(2,3)47-33-37-51(38-34-47)68(50-27-17-12-18-28-50)53-43-60-62-61(44-53)70(63-54(45-23-13-10-14-24-45)41-49(66(7,8)9)42-55(63)46-25-15-11-16-26-46)59-32-22-20-30-57(59)67(62)56-29-19-21-31-58(56)69(60)52-39-35-48(36-40-52)65(4,5)6/h10-44H,1-9H3. The molecule has 0 fully saturated rings. The van der Waals surface area contributed by atoms with Crippen LogP contribution in [0.25, 0.3) is 22.3 Å². The molecule has 0 aromatic heterocycles. The first-order valence-corrected chi connectivity index (χ1v) is 25.0. The number of fused-ring (bicyclic) bond motifs is 4. The summed E-state index contributed by atoms with van der Waals surface area (Å²) < 4.78 is 0. The zero-order valence-electron chi connectivity index (χ0n) is 42.1. The predicted molar refractivity (Wildman–Crippen MR) is 302 cm³/mol. The Morgan fingerprint density at radius 3 is 1.23 bits per heavy atom. The quantitative estimate of drug-likeness (QED) is 0.148. The van der Waals surface area contributed by atoms with Gasteiger partial charge in [-0.25, -0.2) is 0 Å². The molecule has 0 unspecified atom stereocenters. The van der Waals surface area contributed by atoms with E-state index < -0.39 is 0 Å². The molecule has 70 heavy (non-hydrogen) atoms. The molecule has 0 bridgehead atoms. The van der Waals surface area contributed by atoms with Crippen molar-refractivity contribution in [3.8, 4) is 22.3 Å². The number of hydrogen-bond acceptors (Lipinski definition) is 3. The molecule has 344 valence electrons. The summed E-state index contributed by atoms with van der Waals surface area (Å²) >= 11 is 0. The lowest BCUT2D eigenvalue weighted by Crippen LogP contribution is -2.61. The van der Waals surface area contributed by atoms with Crippen molar-refractivity contribution < 1.29 is 0 Å². The Morgan fingerprint density at radius 1 is 0.343 bits per heavy atom. The van der Waals surface area contributed by atoms with E-state index in [0.29, 0.717) is 0 Å². The molecular weight excluding hydrogens is 846 g/mol. The third-order valence-corrected chi connectivity index (χ3v) is 14.5. The smallest absolute Gasteiger partial charge is 0.252 e. The number of rotatable bonds is 7. The van der Waals surface area contributed by atoms with E-state index in [1.807, 2.05) is 0 Å². The minimum atomic E-state index is -0.110. The molecule has 0 aliphatic carbocycles. The van der Waals surface area contributed by atoms with Crippen molar-refractivity contribution in [2.24, 2.45) is 0 Å². The first-order chi connectivity index (χ1) is 33.6. The average Bonchev–Trinajstić information content (AvgIpc) is 3.36. The maximum absolute atomic E-state index is 2.63. The van der Waals surface area contributed by atoms with Crippen molar-refractivity contribution in [3.63, 3.8) is 0 Å². The van der Waals surface area contributed by atoms with Crippen molar-refractivity contribution in [1.29, 1.82) is 0 Å². The van der Waals surface area contributed by atoms with Crippen LogP contribution in [0.5, 0.6) is 0 Å². The lowest BCUT2D eigenvalue weighted by Gasteiger charge is -2.45. The SMILES string of the molecule is CC(C)(C)c1ccc(N(c2ccccc2)c2cc3c4c(c2)N(c2c(-c5ccccc5)cc(C(C)(C)C)cc2-c2ccccc2)c2ccccc2B4c2ccccc2N3c2ccc(C(C)(C)C)cc2)cc1. The Kier molecular flexibility index (Phi) is 11.0. The second-order valence-electron chi connectivity index (χ2n) is 22.3. The van der Waals surface area contributed by atoms with Gasteiger partial charge in [-0.3, -0.25) is 0 Å². The highest BCUT2D eigenvalue weighted by atomic mass is 15.2. The molecule has 0 saturated heterocycles. The predicted octanol–water partition coefficient (Wildman–Crippen LogP) is 16.5. The van der Waals surface area contributed by atoms with E-state index in [4.69, 9.17) is 0 Å².